The highest BCUT2D eigenvalue weighted by Gasteiger charge is 2.18. The van der Waals surface area contributed by atoms with Crippen LogP contribution in [0.25, 0.3) is 11.3 Å². The minimum absolute atomic E-state index is 0.00981. The van der Waals surface area contributed by atoms with E-state index >= 15 is 0 Å². The molecule has 6 nitrogen and oxygen atoms in total. The Morgan fingerprint density at radius 1 is 1.26 bits per heavy atom. The van der Waals surface area contributed by atoms with E-state index in [0.29, 0.717) is 28.5 Å². The summed E-state index contributed by atoms with van der Waals surface area (Å²) in [5.74, 6) is 0.143. The van der Waals surface area contributed by atoms with E-state index in [1.165, 1.54) is 23.5 Å². The van der Waals surface area contributed by atoms with Crippen molar-refractivity contribution < 1.29 is 13.9 Å². The first-order valence-corrected chi connectivity index (χ1v) is 10.5. The minimum atomic E-state index is -0.295. The Hall–Kier alpha value is -3.52. The van der Waals surface area contributed by atoms with Crippen LogP contribution in [-0.4, -0.2) is 29.4 Å². The third-order valence-electron chi connectivity index (χ3n) is 4.59. The molecule has 1 aliphatic heterocycles. The topological polar surface area (TPSA) is 68.0 Å². The van der Waals surface area contributed by atoms with E-state index < -0.39 is 0 Å². The van der Waals surface area contributed by atoms with Gasteiger partial charge in [0.1, 0.15) is 11.6 Å². The second kappa shape index (κ2) is 8.69. The largest absolute Gasteiger partial charge is 0.482 e. The predicted molar refractivity (Wildman–Crippen MR) is 121 cm³/mol. The van der Waals surface area contributed by atoms with Crippen LogP contribution in [0, 0.1) is 5.82 Å². The van der Waals surface area contributed by atoms with Crippen molar-refractivity contribution in [3.8, 4) is 17.0 Å². The van der Waals surface area contributed by atoms with Gasteiger partial charge in [0.25, 0.3) is 5.91 Å². The van der Waals surface area contributed by atoms with Crippen molar-refractivity contribution in [2.24, 2.45) is 10.1 Å². The van der Waals surface area contributed by atoms with Crippen LogP contribution in [0.5, 0.6) is 5.75 Å². The van der Waals surface area contributed by atoms with Crippen molar-refractivity contribution in [2.45, 2.75) is 13.8 Å². The molecule has 0 spiro atoms. The van der Waals surface area contributed by atoms with E-state index in [9.17, 15) is 9.18 Å². The fourth-order valence-electron chi connectivity index (χ4n) is 3.05. The van der Waals surface area contributed by atoms with Crippen LogP contribution in [0.1, 0.15) is 19.4 Å². The average molecular weight is 437 g/mol. The van der Waals surface area contributed by atoms with E-state index in [0.717, 1.165) is 22.4 Å². The van der Waals surface area contributed by atoms with Crippen LogP contribution in [0.4, 0.5) is 10.1 Å². The molecule has 4 rings (SSSR count). The van der Waals surface area contributed by atoms with E-state index in [4.69, 9.17) is 9.84 Å². The summed E-state index contributed by atoms with van der Waals surface area (Å²) in [7, 11) is 0. The summed E-state index contributed by atoms with van der Waals surface area (Å²) < 4.78 is 20.5. The fraction of sp³-hybridized carbons (Fsp3) is 0.174. The molecule has 1 aliphatic rings. The number of nitrogens with zero attached hydrogens (tertiary/aromatic N) is 3. The predicted octanol–water partition coefficient (Wildman–Crippen LogP) is 4.44. The van der Waals surface area contributed by atoms with E-state index in [1.807, 2.05) is 37.4 Å². The van der Waals surface area contributed by atoms with Crippen molar-refractivity contribution in [1.29, 1.82) is 0 Å². The number of carbonyl (C=O) groups is 1. The molecule has 0 fully saturated rings. The smallest absolute Gasteiger partial charge is 0.262 e. The Kier molecular flexibility index (Phi) is 5.81. The van der Waals surface area contributed by atoms with Crippen LogP contribution in [-0.2, 0) is 4.79 Å². The zero-order chi connectivity index (χ0) is 22.0. The standard InChI is InChI=1S/C23H21FN4O2S/c1-14(2)11-25-23-28(27-15(3)16-4-7-18(24)8-5-16)20(13-31-23)17-6-9-21-19(10-17)26-22(29)12-30-21/h4-10,13H,1,11-12H2,2-3H3,(H,26,29). The third-order valence-corrected chi connectivity index (χ3v) is 5.44. The summed E-state index contributed by atoms with van der Waals surface area (Å²) in [6.45, 7) is 8.19. The van der Waals surface area contributed by atoms with Crippen LogP contribution in [0.2, 0.25) is 0 Å². The van der Waals surface area contributed by atoms with E-state index in [-0.39, 0.29) is 18.3 Å². The van der Waals surface area contributed by atoms with Gasteiger partial charge < -0.3 is 10.1 Å². The molecule has 3 aromatic rings. The molecular weight excluding hydrogens is 415 g/mol. The second-order valence-corrected chi connectivity index (χ2v) is 8.07. The molecule has 0 atom stereocenters. The molecule has 0 radical (unpaired) electrons. The van der Waals surface area contributed by atoms with E-state index in [1.54, 1.807) is 16.8 Å². The molecular formula is C23H21FN4O2S. The lowest BCUT2D eigenvalue weighted by molar-refractivity contribution is -0.118. The van der Waals surface area contributed by atoms with Crippen molar-refractivity contribution in [3.05, 3.63) is 76.2 Å². The number of thiazole rings is 1. The Labute approximate surface area is 183 Å². The van der Waals surface area contributed by atoms with Crippen molar-refractivity contribution >= 4 is 28.6 Å². The number of rotatable bonds is 5. The number of amides is 1. The van der Waals surface area contributed by atoms with Crippen LogP contribution in [0.3, 0.4) is 0 Å². The zero-order valence-electron chi connectivity index (χ0n) is 17.2. The third kappa shape index (κ3) is 4.64. The molecule has 2 heterocycles. The number of hydrogen-bond acceptors (Lipinski definition) is 5. The molecule has 1 amide bonds. The van der Waals surface area contributed by atoms with Gasteiger partial charge in [0.2, 0.25) is 4.80 Å². The highest BCUT2D eigenvalue weighted by atomic mass is 32.1. The molecule has 0 saturated heterocycles. The highest BCUT2D eigenvalue weighted by Crippen LogP contribution is 2.33. The first-order chi connectivity index (χ1) is 14.9. The number of hydrogen-bond donors (Lipinski definition) is 1. The Morgan fingerprint density at radius 3 is 2.77 bits per heavy atom. The second-order valence-electron chi connectivity index (χ2n) is 7.23. The van der Waals surface area contributed by atoms with Gasteiger partial charge in [0.15, 0.2) is 6.61 Å². The number of anilines is 1. The SMILES string of the molecule is C=C(C)CN=c1scc(-c2ccc3c(c2)NC(=O)CO3)n1N=C(C)c1ccc(F)cc1. The van der Waals surface area contributed by atoms with Crippen molar-refractivity contribution in [3.63, 3.8) is 0 Å². The van der Waals surface area contributed by atoms with Crippen molar-refractivity contribution in [1.82, 2.24) is 4.68 Å². The molecule has 0 saturated carbocycles. The Morgan fingerprint density at radius 2 is 2.03 bits per heavy atom. The maximum absolute atomic E-state index is 13.3. The number of ether oxygens (including phenoxy) is 1. The van der Waals surface area contributed by atoms with Gasteiger partial charge in [-0.15, -0.1) is 11.3 Å². The van der Waals surface area contributed by atoms with Crippen LogP contribution in [0.15, 0.2) is 70.1 Å². The van der Waals surface area contributed by atoms with Crippen molar-refractivity contribution in [2.75, 3.05) is 18.5 Å². The Bertz CT molecular complexity index is 1260. The lowest BCUT2D eigenvalue weighted by Gasteiger charge is -2.18. The zero-order valence-corrected chi connectivity index (χ0v) is 18.0. The molecule has 0 bridgehead atoms. The maximum Gasteiger partial charge on any atom is 0.262 e. The first kappa shape index (κ1) is 20.7. The molecule has 8 heteroatoms. The highest BCUT2D eigenvalue weighted by molar-refractivity contribution is 7.07. The van der Waals surface area contributed by atoms with E-state index in [2.05, 4.69) is 16.9 Å². The quantitative estimate of drug-likeness (QED) is 0.475. The molecule has 1 aromatic heterocycles. The van der Waals surface area contributed by atoms with Crippen LogP contribution >= 0.6 is 11.3 Å². The average Bonchev–Trinajstić information content (AvgIpc) is 3.14. The summed E-state index contributed by atoms with van der Waals surface area (Å²) in [5.41, 5.74) is 4.75. The lowest BCUT2D eigenvalue weighted by atomic mass is 10.1. The number of nitrogens with one attached hydrogen (secondary N) is 1. The molecule has 2 aromatic carbocycles. The van der Waals surface area contributed by atoms with Gasteiger partial charge in [-0.2, -0.15) is 5.10 Å². The normalized spacial score (nSPS) is 14.1. The van der Waals surface area contributed by atoms with Gasteiger partial charge in [-0.25, -0.2) is 9.07 Å². The van der Waals surface area contributed by atoms with Gasteiger partial charge in [-0.1, -0.05) is 24.3 Å². The van der Waals surface area contributed by atoms with Gasteiger partial charge in [0, 0.05) is 10.9 Å². The molecule has 1 N–H and O–H groups in total. The summed E-state index contributed by atoms with van der Waals surface area (Å²) in [5, 5.41) is 9.58. The monoisotopic (exact) mass is 436 g/mol. The Balaban J connectivity index is 1.82. The summed E-state index contributed by atoms with van der Waals surface area (Å²) in [6.07, 6.45) is 0. The number of fused-ring (bicyclic) bond motifs is 1. The van der Waals surface area contributed by atoms with Gasteiger partial charge in [-0.05, 0) is 49.7 Å². The number of halogens is 1. The molecule has 0 unspecified atom stereocenters. The lowest BCUT2D eigenvalue weighted by Crippen LogP contribution is -2.25. The molecule has 31 heavy (non-hydrogen) atoms. The minimum Gasteiger partial charge on any atom is -0.482 e. The number of carbonyl (C=O) groups excluding carboxylic acids is 1. The fourth-order valence-corrected chi connectivity index (χ4v) is 3.88. The number of aromatic nitrogens is 1. The van der Waals surface area contributed by atoms with Gasteiger partial charge in [-0.3, -0.25) is 9.79 Å². The summed E-state index contributed by atoms with van der Waals surface area (Å²) in [4.78, 5) is 17.0. The molecule has 158 valence electrons. The maximum atomic E-state index is 13.3. The summed E-state index contributed by atoms with van der Waals surface area (Å²) >= 11 is 1.46. The number of benzene rings is 2. The van der Waals surface area contributed by atoms with Crippen LogP contribution < -0.4 is 14.9 Å². The first-order valence-electron chi connectivity index (χ1n) is 9.65. The van der Waals surface area contributed by atoms with Gasteiger partial charge in [0.05, 0.1) is 23.6 Å². The van der Waals surface area contributed by atoms with Gasteiger partial charge >= 0.3 is 0 Å². The molecule has 0 aliphatic carbocycles. The summed E-state index contributed by atoms with van der Waals surface area (Å²) in [6, 6.07) is 11.8.